The van der Waals surface area contributed by atoms with Gasteiger partial charge in [-0.2, -0.15) is 0 Å². The molecule has 3 atom stereocenters. The zero-order valence-electron chi connectivity index (χ0n) is 14.7. The lowest BCUT2D eigenvalue weighted by Crippen LogP contribution is -2.50. The number of Topliss-reactive ketones (excluding diaryl/α,β-unsaturated/α-hetero) is 1. The van der Waals surface area contributed by atoms with Crippen LogP contribution in [0.3, 0.4) is 0 Å². The number of carbonyl (C=O) groups is 4. The number of rotatable bonds is 11. The summed E-state index contributed by atoms with van der Waals surface area (Å²) in [7, 11) is 0. The standard InChI is InChI=1S/C17H28O6/c1-6-9-17(23-13(5)19,10-14(20)12(4)11-18)15(7-2)22-16(21)8-3/h11-12,15H,6-10H2,1-5H3. The molecule has 0 radical (unpaired) electrons. The number of hydrogen-bond acceptors (Lipinski definition) is 6. The molecule has 0 N–H and O–H groups in total. The maximum atomic E-state index is 12.3. The van der Waals surface area contributed by atoms with E-state index < -0.39 is 29.6 Å². The normalized spacial score (nSPS) is 15.9. The van der Waals surface area contributed by atoms with Gasteiger partial charge in [0.1, 0.15) is 18.2 Å². The minimum atomic E-state index is -1.23. The number of ether oxygens (including phenoxy) is 2. The SMILES string of the molecule is CCCC(CC(=O)C(C)C=O)(OC(C)=O)C(CC)OC(=O)CC. The van der Waals surface area contributed by atoms with Crippen molar-refractivity contribution >= 4 is 24.0 Å². The first kappa shape index (κ1) is 21.3. The molecule has 0 aliphatic heterocycles. The van der Waals surface area contributed by atoms with Crippen LogP contribution in [0.5, 0.6) is 0 Å². The van der Waals surface area contributed by atoms with E-state index in [4.69, 9.17) is 9.47 Å². The summed E-state index contributed by atoms with van der Waals surface area (Å²) >= 11 is 0. The Kier molecular flexibility index (Phi) is 9.37. The molecule has 0 aliphatic carbocycles. The summed E-state index contributed by atoms with van der Waals surface area (Å²) in [4.78, 5) is 46.4. The summed E-state index contributed by atoms with van der Waals surface area (Å²) in [6.45, 7) is 8.11. The smallest absolute Gasteiger partial charge is 0.305 e. The van der Waals surface area contributed by atoms with Crippen LogP contribution in [0.2, 0.25) is 0 Å². The molecule has 6 nitrogen and oxygen atoms in total. The largest absolute Gasteiger partial charge is 0.458 e. The van der Waals surface area contributed by atoms with Crippen molar-refractivity contribution in [2.75, 3.05) is 0 Å². The summed E-state index contributed by atoms with van der Waals surface area (Å²) < 4.78 is 10.9. The van der Waals surface area contributed by atoms with E-state index in [2.05, 4.69) is 0 Å². The van der Waals surface area contributed by atoms with E-state index in [9.17, 15) is 19.2 Å². The van der Waals surface area contributed by atoms with E-state index in [0.717, 1.165) is 0 Å². The molecule has 6 heteroatoms. The van der Waals surface area contributed by atoms with Crippen molar-refractivity contribution in [3.8, 4) is 0 Å². The van der Waals surface area contributed by atoms with Crippen molar-refractivity contribution in [1.82, 2.24) is 0 Å². The molecule has 0 spiro atoms. The Labute approximate surface area is 137 Å². The van der Waals surface area contributed by atoms with Crippen LogP contribution in [0.4, 0.5) is 0 Å². The molecule has 3 unspecified atom stereocenters. The van der Waals surface area contributed by atoms with Crippen molar-refractivity contribution < 1.29 is 28.7 Å². The highest BCUT2D eigenvalue weighted by Gasteiger charge is 2.45. The fourth-order valence-electron chi connectivity index (χ4n) is 2.56. The molecule has 0 aromatic carbocycles. The van der Waals surface area contributed by atoms with Crippen molar-refractivity contribution in [1.29, 1.82) is 0 Å². The Morgan fingerprint density at radius 1 is 1.17 bits per heavy atom. The van der Waals surface area contributed by atoms with E-state index in [1.165, 1.54) is 13.8 Å². The molecule has 0 bridgehead atoms. The zero-order chi connectivity index (χ0) is 18.0. The Bertz CT molecular complexity index is 431. The quantitative estimate of drug-likeness (QED) is 0.329. The minimum absolute atomic E-state index is 0.143. The average molecular weight is 328 g/mol. The molecular formula is C17H28O6. The molecular weight excluding hydrogens is 300 g/mol. The number of esters is 2. The van der Waals surface area contributed by atoms with Crippen LogP contribution < -0.4 is 0 Å². The highest BCUT2D eigenvalue weighted by atomic mass is 16.6. The van der Waals surface area contributed by atoms with Crippen LogP contribution in [0, 0.1) is 5.92 Å². The third-order valence-electron chi connectivity index (χ3n) is 3.73. The third-order valence-corrected chi connectivity index (χ3v) is 3.73. The summed E-state index contributed by atoms with van der Waals surface area (Å²) in [6, 6.07) is 0. The van der Waals surface area contributed by atoms with E-state index in [-0.39, 0.29) is 18.6 Å². The van der Waals surface area contributed by atoms with Crippen molar-refractivity contribution in [3.05, 3.63) is 0 Å². The molecule has 0 saturated carbocycles. The van der Waals surface area contributed by atoms with Crippen LogP contribution in [0.25, 0.3) is 0 Å². The van der Waals surface area contributed by atoms with Gasteiger partial charge in [0, 0.05) is 13.3 Å². The number of carbonyl (C=O) groups excluding carboxylic acids is 4. The van der Waals surface area contributed by atoms with Crippen LogP contribution >= 0.6 is 0 Å². The lowest BCUT2D eigenvalue weighted by atomic mass is 9.82. The van der Waals surface area contributed by atoms with Gasteiger partial charge in [-0.1, -0.05) is 27.2 Å². The van der Waals surface area contributed by atoms with Crippen LogP contribution in [-0.2, 0) is 28.7 Å². The summed E-state index contributed by atoms with van der Waals surface area (Å²) in [6.07, 6.45) is 1.30. The van der Waals surface area contributed by atoms with Gasteiger partial charge in [0.05, 0.1) is 12.3 Å². The third kappa shape index (κ3) is 6.50. The lowest BCUT2D eigenvalue weighted by Gasteiger charge is -2.39. The van der Waals surface area contributed by atoms with Crippen molar-refractivity contribution in [2.24, 2.45) is 5.92 Å². The highest BCUT2D eigenvalue weighted by Crippen LogP contribution is 2.33. The average Bonchev–Trinajstić information content (AvgIpc) is 2.50. The van der Waals surface area contributed by atoms with Crippen LogP contribution in [-0.4, -0.2) is 35.7 Å². The number of aldehydes is 1. The van der Waals surface area contributed by atoms with E-state index in [0.29, 0.717) is 25.5 Å². The molecule has 0 fully saturated rings. The maximum absolute atomic E-state index is 12.3. The highest BCUT2D eigenvalue weighted by molar-refractivity contribution is 5.93. The predicted molar refractivity (Wildman–Crippen MR) is 84.7 cm³/mol. The second-order valence-corrected chi connectivity index (χ2v) is 5.72. The molecule has 0 heterocycles. The first-order valence-corrected chi connectivity index (χ1v) is 8.13. The first-order chi connectivity index (χ1) is 10.8. The van der Waals surface area contributed by atoms with Gasteiger partial charge in [-0.25, -0.2) is 0 Å². The van der Waals surface area contributed by atoms with Gasteiger partial charge in [0.25, 0.3) is 0 Å². The van der Waals surface area contributed by atoms with Gasteiger partial charge < -0.3 is 14.3 Å². The minimum Gasteiger partial charge on any atom is -0.458 e. The van der Waals surface area contributed by atoms with Gasteiger partial charge in [-0.3, -0.25) is 14.4 Å². The monoisotopic (exact) mass is 328 g/mol. The molecule has 0 aromatic heterocycles. The molecule has 0 rings (SSSR count). The molecule has 23 heavy (non-hydrogen) atoms. The summed E-state index contributed by atoms with van der Waals surface area (Å²) in [5.41, 5.74) is -1.23. The Morgan fingerprint density at radius 3 is 2.17 bits per heavy atom. The van der Waals surface area contributed by atoms with Crippen molar-refractivity contribution in [3.63, 3.8) is 0 Å². The first-order valence-electron chi connectivity index (χ1n) is 8.13. The van der Waals surface area contributed by atoms with E-state index >= 15 is 0 Å². The van der Waals surface area contributed by atoms with Gasteiger partial charge in [-0.05, 0) is 19.8 Å². The molecule has 132 valence electrons. The van der Waals surface area contributed by atoms with Gasteiger partial charge >= 0.3 is 11.9 Å². The second-order valence-electron chi connectivity index (χ2n) is 5.72. The Hall–Kier alpha value is -1.72. The van der Waals surface area contributed by atoms with E-state index in [1.54, 1.807) is 13.8 Å². The fourth-order valence-corrected chi connectivity index (χ4v) is 2.56. The number of hydrogen-bond donors (Lipinski definition) is 0. The topological polar surface area (TPSA) is 86.7 Å². The maximum Gasteiger partial charge on any atom is 0.305 e. The summed E-state index contributed by atoms with van der Waals surface area (Å²) in [5, 5.41) is 0. The van der Waals surface area contributed by atoms with Crippen LogP contribution in [0.15, 0.2) is 0 Å². The second kappa shape index (κ2) is 10.1. The molecule has 0 aliphatic rings. The zero-order valence-corrected chi connectivity index (χ0v) is 14.7. The lowest BCUT2D eigenvalue weighted by molar-refractivity contribution is -0.189. The van der Waals surface area contributed by atoms with Gasteiger partial charge in [-0.15, -0.1) is 0 Å². The molecule has 0 saturated heterocycles. The van der Waals surface area contributed by atoms with Gasteiger partial charge in [0.15, 0.2) is 5.60 Å². The Balaban J connectivity index is 5.67. The van der Waals surface area contributed by atoms with Crippen LogP contribution in [0.1, 0.15) is 66.7 Å². The van der Waals surface area contributed by atoms with E-state index in [1.807, 2.05) is 6.92 Å². The predicted octanol–water partition coefficient (Wildman–Crippen LogP) is 2.61. The fraction of sp³-hybridized carbons (Fsp3) is 0.765. The Morgan fingerprint density at radius 2 is 1.78 bits per heavy atom. The molecule has 0 amide bonds. The number of ketones is 1. The summed E-state index contributed by atoms with van der Waals surface area (Å²) in [5.74, 6) is -2.08. The van der Waals surface area contributed by atoms with Gasteiger partial charge in [0.2, 0.25) is 0 Å². The molecule has 0 aromatic rings. The van der Waals surface area contributed by atoms with Crippen molar-refractivity contribution in [2.45, 2.75) is 78.4 Å².